The normalized spacial score (nSPS) is 13.3. The van der Waals surface area contributed by atoms with E-state index in [9.17, 15) is 50.3 Å². The fourth-order valence-electron chi connectivity index (χ4n) is 5.34. The number of hydrogen-bond acceptors (Lipinski definition) is 8. The van der Waals surface area contributed by atoms with E-state index in [2.05, 4.69) is 5.32 Å². The predicted molar refractivity (Wildman–Crippen MR) is 154 cm³/mol. The summed E-state index contributed by atoms with van der Waals surface area (Å²) in [6.07, 6.45) is -4.94. The highest BCUT2D eigenvalue weighted by atomic mass is 31.2. The number of pyridine rings is 1. The van der Waals surface area contributed by atoms with Crippen molar-refractivity contribution in [2.45, 2.75) is 59.4 Å². The lowest BCUT2D eigenvalue weighted by Gasteiger charge is -2.56. The Hall–Kier alpha value is -3.85. The third-order valence-electron chi connectivity index (χ3n) is 7.08. The lowest BCUT2D eigenvalue weighted by atomic mass is 9.68. The standard InChI is InChI=1S/C30H33F6N2O8P/c1-26(2,3)29(27(4,5)6,46-47(41,42)43)38-13-12-19(16-24(38)39)37-25(40)20-10-8-17(28(32,33)30(34,35)36)14-22(20)45-21-11-9-18(31)15-23(21)44-7/h8-16H,1-7H3,(H,37,40)(H2,41,42,43)/p-2. The smallest absolute Gasteiger partial charge is 0.458 e. The molecule has 17 heteroatoms. The highest BCUT2D eigenvalue weighted by Gasteiger charge is 2.59. The first-order valence-corrected chi connectivity index (χ1v) is 15.1. The second-order valence-electron chi connectivity index (χ2n) is 12.4. The highest BCUT2D eigenvalue weighted by molar-refractivity contribution is 7.43. The van der Waals surface area contributed by atoms with Crippen molar-refractivity contribution in [2.75, 3.05) is 12.4 Å². The van der Waals surface area contributed by atoms with Gasteiger partial charge in [0.25, 0.3) is 11.5 Å². The van der Waals surface area contributed by atoms with Gasteiger partial charge in [-0.05, 0) is 30.3 Å². The number of anilines is 1. The van der Waals surface area contributed by atoms with Crippen LogP contribution in [-0.4, -0.2) is 23.8 Å². The lowest BCUT2D eigenvalue weighted by Crippen LogP contribution is -2.60. The second kappa shape index (κ2) is 12.6. The molecule has 0 saturated carbocycles. The van der Waals surface area contributed by atoms with E-state index < -0.39 is 70.6 Å². The summed E-state index contributed by atoms with van der Waals surface area (Å²) in [5.41, 5.74) is -7.79. The van der Waals surface area contributed by atoms with E-state index in [-0.39, 0.29) is 23.3 Å². The molecule has 1 amide bonds. The molecule has 0 aliphatic carbocycles. The number of phosphoric acid groups is 1. The number of benzene rings is 2. The predicted octanol–water partition coefficient (Wildman–Crippen LogP) is 6.29. The topological polar surface area (TPSA) is 142 Å². The third-order valence-corrected chi connectivity index (χ3v) is 7.57. The summed E-state index contributed by atoms with van der Waals surface area (Å²) in [5, 5.41) is 2.30. The van der Waals surface area contributed by atoms with Crippen LogP contribution in [0, 0.1) is 16.6 Å². The molecule has 3 rings (SSSR count). The van der Waals surface area contributed by atoms with Crippen LogP contribution >= 0.6 is 7.82 Å². The van der Waals surface area contributed by atoms with Gasteiger partial charge in [-0.15, -0.1) is 0 Å². The molecule has 10 nitrogen and oxygen atoms in total. The van der Waals surface area contributed by atoms with Crippen LogP contribution in [0.15, 0.2) is 59.5 Å². The molecule has 0 atom stereocenters. The number of methoxy groups -OCH3 is 1. The monoisotopic (exact) mass is 692 g/mol. The fourth-order valence-corrected chi connectivity index (χ4v) is 6.30. The van der Waals surface area contributed by atoms with Crippen LogP contribution < -0.4 is 30.1 Å². The Bertz CT molecular complexity index is 1740. The van der Waals surface area contributed by atoms with Crippen LogP contribution in [0.25, 0.3) is 0 Å². The Labute approximate surface area is 265 Å². The molecule has 0 aliphatic heterocycles. The zero-order valence-corrected chi connectivity index (χ0v) is 27.0. The van der Waals surface area contributed by atoms with Crippen molar-refractivity contribution in [1.82, 2.24) is 4.57 Å². The minimum Gasteiger partial charge on any atom is -0.790 e. The van der Waals surface area contributed by atoms with Gasteiger partial charge in [-0.3, -0.25) is 14.2 Å². The molecule has 0 spiro atoms. The molecule has 3 aromatic rings. The van der Waals surface area contributed by atoms with Crippen molar-refractivity contribution in [3.63, 3.8) is 0 Å². The number of rotatable bonds is 9. The first-order valence-electron chi connectivity index (χ1n) is 13.6. The van der Waals surface area contributed by atoms with E-state index in [1.54, 1.807) is 41.5 Å². The minimum absolute atomic E-state index is 0.226. The Kier molecular flexibility index (Phi) is 10.1. The molecule has 47 heavy (non-hydrogen) atoms. The van der Waals surface area contributed by atoms with Crippen molar-refractivity contribution in [3.8, 4) is 17.2 Å². The molecular weight excluding hydrogens is 661 g/mol. The van der Waals surface area contributed by atoms with Crippen LogP contribution in [0.3, 0.4) is 0 Å². The molecule has 258 valence electrons. The number of ether oxygens (including phenoxy) is 2. The number of nitrogens with one attached hydrogen (secondary N) is 1. The van der Waals surface area contributed by atoms with Gasteiger partial charge in [0.15, 0.2) is 17.2 Å². The summed E-state index contributed by atoms with van der Waals surface area (Å²) in [6, 6.07) is 5.99. The van der Waals surface area contributed by atoms with Gasteiger partial charge >= 0.3 is 12.1 Å². The molecule has 2 aromatic carbocycles. The zero-order valence-electron chi connectivity index (χ0n) is 26.1. The van der Waals surface area contributed by atoms with Gasteiger partial charge < -0.3 is 33.7 Å². The summed E-state index contributed by atoms with van der Waals surface area (Å²) in [5.74, 6) is -8.72. The first kappa shape index (κ1) is 37.6. The largest absolute Gasteiger partial charge is 0.790 e. The van der Waals surface area contributed by atoms with Crippen molar-refractivity contribution in [3.05, 3.63) is 82.0 Å². The van der Waals surface area contributed by atoms with Crippen molar-refractivity contribution < 1.29 is 59.5 Å². The number of nitrogens with zero attached hydrogens (tertiary/aromatic N) is 1. The number of carbonyl (C=O) groups excluding carboxylic acids is 1. The maximum absolute atomic E-state index is 14.2. The average Bonchev–Trinajstić information content (AvgIpc) is 2.90. The van der Waals surface area contributed by atoms with Crippen LogP contribution in [0.2, 0.25) is 0 Å². The SMILES string of the molecule is COc1cc(F)ccc1Oc1cc(C(F)(F)C(F)(F)F)ccc1C(=O)Nc1ccn(C(OP(=O)([O-])[O-])(C(C)(C)C)C(C)(C)C)c(=O)c1. The van der Waals surface area contributed by atoms with E-state index in [1.165, 1.54) is 0 Å². The van der Waals surface area contributed by atoms with Gasteiger partial charge in [-0.2, -0.15) is 22.0 Å². The number of amides is 1. The Morgan fingerprint density at radius 3 is 1.94 bits per heavy atom. The van der Waals surface area contributed by atoms with E-state index >= 15 is 0 Å². The third kappa shape index (κ3) is 7.67. The first-order chi connectivity index (χ1) is 21.2. The highest BCUT2D eigenvalue weighted by Crippen LogP contribution is 2.55. The summed E-state index contributed by atoms with van der Waals surface area (Å²) < 4.78 is 110. The van der Waals surface area contributed by atoms with E-state index in [0.29, 0.717) is 12.1 Å². The van der Waals surface area contributed by atoms with Gasteiger partial charge in [-0.25, -0.2) is 4.39 Å². The summed E-state index contributed by atoms with van der Waals surface area (Å²) in [6.45, 7) is 9.25. The molecule has 0 aliphatic rings. The van der Waals surface area contributed by atoms with Gasteiger partial charge in [0.2, 0.25) is 0 Å². The van der Waals surface area contributed by atoms with Crippen LogP contribution in [-0.2, 0) is 20.7 Å². The lowest BCUT2D eigenvalue weighted by molar-refractivity contribution is -0.368. The molecule has 0 radical (unpaired) electrons. The maximum Gasteiger partial charge on any atom is 0.458 e. The molecule has 0 unspecified atom stereocenters. The van der Waals surface area contributed by atoms with Crippen LogP contribution in [0.5, 0.6) is 17.2 Å². The van der Waals surface area contributed by atoms with E-state index in [4.69, 9.17) is 14.0 Å². The second-order valence-corrected chi connectivity index (χ2v) is 13.5. The summed E-state index contributed by atoms with van der Waals surface area (Å²) in [4.78, 5) is 50.5. The van der Waals surface area contributed by atoms with E-state index in [0.717, 1.165) is 48.2 Å². The number of alkyl halides is 5. The quantitative estimate of drug-likeness (QED) is 0.204. The molecule has 1 heterocycles. The molecule has 0 fully saturated rings. The zero-order chi connectivity index (χ0) is 36.0. The Morgan fingerprint density at radius 2 is 1.45 bits per heavy atom. The summed E-state index contributed by atoms with van der Waals surface area (Å²) >= 11 is 0. The van der Waals surface area contributed by atoms with E-state index in [1.807, 2.05) is 0 Å². The van der Waals surface area contributed by atoms with Crippen molar-refractivity contribution in [1.29, 1.82) is 0 Å². The summed E-state index contributed by atoms with van der Waals surface area (Å²) in [7, 11) is -4.60. The van der Waals surface area contributed by atoms with Gasteiger partial charge in [0, 0.05) is 40.4 Å². The van der Waals surface area contributed by atoms with Gasteiger partial charge in [-0.1, -0.05) is 47.6 Å². The number of carbonyl (C=O) groups is 1. The van der Waals surface area contributed by atoms with Crippen molar-refractivity contribution in [2.24, 2.45) is 10.8 Å². The number of halogens is 6. The molecule has 0 saturated heterocycles. The Balaban J connectivity index is 2.13. The molecular formula is C30H31F6N2O8P-2. The minimum atomic E-state index is -6.00. The van der Waals surface area contributed by atoms with Crippen LogP contribution in [0.1, 0.15) is 57.5 Å². The molecule has 1 N–H and O–H groups in total. The molecule has 1 aromatic heterocycles. The fraction of sp³-hybridized carbons (Fsp3) is 0.400. The Morgan fingerprint density at radius 1 is 0.851 bits per heavy atom. The van der Waals surface area contributed by atoms with Crippen LogP contribution in [0.4, 0.5) is 32.0 Å². The number of hydrogen-bond donors (Lipinski definition) is 1. The molecule has 0 bridgehead atoms. The van der Waals surface area contributed by atoms with Crippen molar-refractivity contribution >= 4 is 19.4 Å². The van der Waals surface area contributed by atoms with Gasteiger partial charge in [0.1, 0.15) is 11.6 Å². The number of aromatic nitrogens is 1. The maximum atomic E-state index is 14.2. The van der Waals surface area contributed by atoms with Gasteiger partial charge in [0.05, 0.1) is 20.5 Å². The average molecular weight is 693 g/mol. The number of phosphoric ester groups is 1.